The average molecular weight is 249 g/mol. The number of nitrogens with zero attached hydrogens (tertiary/aromatic N) is 2. The van der Waals surface area contributed by atoms with Gasteiger partial charge in [-0.1, -0.05) is 13.4 Å². The van der Waals surface area contributed by atoms with Gasteiger partial charge in [-0.15, -0.1) is 5.12 Å². The molecule has 0 heterocycles. The van der Waals surface area contributed by atoms with Crippen LogP contribution in [0.4, 0.5) is 17.8 Å². The number of guanidine groups is 1. The molecule has 1 amide bonds. The van der Waals surface area contributed by atoms with Crippen molar-refractivity contribution in [3.63, 3.8) is 0 Å². The Morgan fingerprint density at radius 3 is 2.59 bits per heavy atom. The molecule has 0 unspecified atom stereocenters. The average Bonchev–Trinajstić information content (AvgIpc) is 2.33. The van der Waals surface area contributed by atoms with Crippen LogP contribution in [0.15, 0.2) is 23.4 Å². The number of aryl methyl sites for hydroxylation is 1. The van der Waals surface area contributed by atoms with Crippen LogP contribution in [-0.2, 0) is 0 Å². The van der Waals surface area contributed by atoms with Gasteiger partial charge >= 0.3 is 0 Å². The summed E-state index contributed by atoms with van der Waals surface area (Å²) in [5, 5.41) is 0.811. The van der Waals surface area contributed by atoms with E-state index in [2.05, 4.69) is 0 Å². The molecule has 0 saturated carbocycles. The molecule has 0 aliphatic heterocycles. The Morgan fingerprint density at radius 1 is 1.47 bits per heavy atom. The highest BCUT2D eigenvalue weighted by atomic mass is 19.2. The minimum Gasteiger partial charge on any atom is -0.266 e. The maximum Gasteiger partial charge on any atom is 0.293 e. The summed E-state index contributed by atoms with van der Waals surface area (Å²) in [4.78, 5) is 11.3. The summed E-state index contributed by atoms with van der Waals surface area (Å²) in [5.41, 5.74) is 0.378. The van der Waals surface area contributed by atoms with E-state index in [1.54, 1.807) is 5.21 Å². The molecule has 17 heavy (non-hydrogen) atoms. The van der Waals surface area contributed by atoms with Gasteiger partial charge in [-0.3, -0.25) is 4.79 Å². The second-order valence-electron chi connectivity index (χ2n) is 3.05. The predicted molar refractivity (Wildman–Crippen MR) is 51.2 cm³/mol. The van der Waals surface area contributed by atoms with Crippen molar-refractivity contribution in [1.82, 2.24) is 10.7 Å². The maximum atomic E-state index is 13.1. The highest BCUT2D eigenvalue weighted by Crippen LogP contribution is 2.12. The largest absolute Gasteiger partial charge is 0.293 e. The third kappa shape index (κ3) is 2.71. The zero-order chi connectivity index (χ0) is 13.0. The lowest BCUT2D eigenvalue weighted by Crippen LogP contribution is -2.36. The number of hydrogen-bond acceptors (Lipinski definition) is 2. The van der Waals surface area contributed by atoms with Crippen molar-refractivity contribution >= 4 is 11.9 Å². The lowest BCUT2D eigenvalue weighted by Gasteiger charge is -2.10. The topological polar surface area (TPSA) is 44.7 Å². The number of benzene rings is 1. The van der Waals surface area contributed by atoms with E-state index in [0.717, 1.165) is 18.2 Å². The Labute approximate surface area is 93.4 Å². The molecule has 1 N–H and O–H groups in total. The summed E-state index contributed by atoms with van der Waals surface area (Å²) in [6.45, 7) is 1.35. The zero-order valence-electron chi connectivity index (χ0n) is 8.55. The van der Waals surface area contributed by atoms with Gasteiger partial charge in [-0.25, -0.2) is 4.39 Å². The Bertz CT molecular complexity index is 464. The maximum absolute atomic E-state index is 13.1. The quantitative estimate of drug-likeness (QED) is 0.359. The smallest absolute Gasteiger partial charge is 0.266 e. The predicted octanol–water partition coefficient (Wildman–Crippen LogP) is 2.18. The van der Waals surface area contributed by atoms with E-state index in [1.807, 2.05) is 0 Å². The number of carbonyl (C=O) groups is 1. The molecular weight excluding hydrogens is 242 g/mol. The molecule has 0 aliphatic carbocycles. The van der Waals surface area contributed by atoms with Crippen molar-refractivity contribution in [2.24, 2.45) is 5.21 Å². The van der Waals surface area contributed by atoms with E-state index in [-0.39, 0.29) is 11.1 Å². The van der Waals surface area contributed by atoms with Gasteiger partial charge in [-0.2, -0.15) is 5.54 Å². The number of amides is 1. The van der Waals surface area contributed by atoms with Crippen molar-refractivity contribution in [1.29, 1.82) is 0 Å². The molecule has 0 bridgehead atoms. The number of nitrogens with one attached hydrogen (secondary N) is 1. The fourth-order valence-electron chi connectivity index (χ4n) is 1.07. The Kier molecular flexibility index (Phi) is 4.02. The second kappa shape index (κ2) is 5.28. The van der Waals surface area contributed by atoms with Gasteiger partial charge in [0.25, 0.3) is 11.9 Å². The van der Waals surface area contributed by atoms with Crippen molar-refractivity contribution < 1.29 is 22.6 Å². The van der Waals surface area contributed by atoms with Crippen molar-refractivity contribution in [3.8, 4) is 0 Å². The van der Waals surface area contributed by atoms with E-state index in [0.29, 0.717) is 5.54 Å². The van der Waals surface area contributed by atoms with Crippen LogP contribution in [0.2, 0.25) is 0 Å². The van der Waals surface area contributed by atoms with Crippen molar-refractivity contribution in [2.45, 2.75) is 6.92 Å². The highest BCUT2D eigenvalue weighted by molar-refractivity contribution is 6.04. The Hall–Kier alpha value is -2.12. The van der Waals surface area contributed by atoms with E-state index < -0.39 is 22.8 Å². The lowest BCUT2D eigenvalue weighted by atomic mass is 10.1. The SMILES string of the molecule is Cc1cc(C(=O)N(F)C(=NF)NF)ccc1F. The lowest BCUT2D eigenvalue weighted by molar-refractivity contribution is 0.0494. The second-order valence-corrected chi connectivity index (χ2v) is 3.05. The highest BCUT2D eigenvalue weighted by Gasteiger charge is 2.22. The molecule has 0 atom stereocenters. The van der Waals surface area contributed by atoms with Gasteiger partial charge in [0.15, 0.2) is 0 Å². The van der Waals surface area contributed by atoms with Gasteiger partial charge in [0.1, 0.15) is 5.82 Å². The first-order valence-electron chi connectivity index (χ1n) is 4.33. The molecule has 0 saturated heterocycles. The molecule has 4 nitrogen and oxygen atoms in total. The minimum absolute atomic E-state index is 0.0937. The normalized spacial score (nSPS) is 11.2. The van der Waals surface area contributed by atoms with E-state index in [4.69, 9.17) is 0 Å². The summed E-state index contributed by atoms with van der Waals surface area (Å²) in [5.74, 6) is -3.51. The van der Waals surface area contributed by atoms with Crippen molar-refractivity contribution in [2.75, 3.05) is 0 Å². The third-order valence-corrected chi connectivity index (χ3v) is 1.93. The van der Waals surface area contributed by atoms with Crippen LogP contribution in [0.1, 0.15) is 15.9 Å². The third-order valence-electron chi connectivity index (χ3n) is 1.93. The molecule has 1 aromatic rings. The minimum atomic E-state index is -1.54. The van der Waals surface area contributed by atoms with E-state index >= 15 is 0 Å². The monoisotopic (exact) mass is 249 g/mol. The van der Waals surface area contributed by atoms with E-state index in [1.165, 1.54) is 6.92 Å². The van der Waals surface area contributed by atoms with Crippen molar-refractivity contribution in [3.05, 3.63) is 35.1 Å². The van der Waals surface area contributed by atoms with Crippen LogP contribution in [0.3, 0.4) is 0 Å². The summed E-state index contributed by atoms with van der Waals surface area (Å²) in [7, 11) is 0. The summed E-state index contributed by atoms with van der Waals surface area (Å²) in [6.07, 6.45) is 0. The van der Waals surface area contributed by atoms with Gasteiger partial charge < -0.3 is 0 Å². The molecule has 1 rings (SSSR count). The number of halogens is 4. The molecule has 0 fully saturated rings. The van der Waals surface area contributed by atoms with Gasteiger partial charge in [0.2, 0.25) is 0 Å². The van der Waals surface area contributed by atoms with Crippen LogP contribution >= 0.6 is 0 Å². The molecule has 8 heteroatoms. The fraction of sp³-hybridized carbons (Fsp3) is 0.111. The van der Waals surface area contributed by atoms with Crippen LogP contribution in [0.25, 0.3) is 0 Å². The van der Waals surface area contributed by atoms with Gasteiger partial charge in [0, 0.05) is 5.56 Å². The Balaban J connectivity index is 3.00. The number of rotatable bonds is 1. The standard InChI is InChI=1S/C9H7F4N3O/c1-5-4-6(2-3-7(5)10)8(17)16(13)9(14-11)15-12/h2-4H,1H3,(H,14,15). The molecule has 0 radical (unpaired) electrons. The van der Waals surface area contributed by atoms with Gasteiger partial charge in [-0.05, 0) is 35.9 Å². The molecule has 0 spiro atoms. The summed E-state index contributed by atoms with van der Waals surface area (Å²) < 4.78 is 49.5. The molecular formula is C9H7F4N3O. The first-order valence-corrected chi connectivity index (χ1v) is 4.33. The van der Waals surface area contributed by atoms with Gasteiger partial charge in [0.05, 0.1) is 0 Å². The van der Waals surface area contributed by atoms with Crippen LogP contribution in [0, 0.1) is 12.7 Å². The first-order chi connectivity index (χ1) is 8.01. The molecule has 0 aromatic heterocycles. The Morgan fingerprint density at radius 2 is 2.12 bits per heavy atom. The summed E-state index contributed by atoms with van der Waals surface area (Å²) in [6, 6.07) is 2.95. The van der Waals surface area contributed by atoms with Crippen LogP contribution in [-0.4, -0.2) is 17.0 Å². The zero-order valence-corrected chi connectivity index (χ0v) is 8.55. The first kappa shape index (κ1) is 12.9. The molecule has 0 aliphatic rings. The molecule has 1 aromatic carbocycles. The number of carbonyl (C=O) groups excluding carboxylic acids is 1. The summed E-state index contributed by atoms with van der Waals surface area (Å²) >= 11 is 0. The van der Waals surface area contributed by atoms with Crippen LogP contribution in [0.5, 0.6) is 0 Å². The molecule has 92 valence electrons. The fourth-order valence-corrected chi connectivity index (χ4v) is 1.07. The number of hydrogen-bond donors (Lipinski definition) is 1. The van der Waals surface area contributed by atoms with E-state index in [9.17, 15) is 22.6 Å². The van der Waals surface area contributed by atoms with Crippen LogP contribution < -0.4 is 5.54 Å².